The lowest BCUT2D eigenvalue weighted by Crippen LogP contribution is -2.40. The summed E-state index contributed by atoms with van der Waals surface area (Å²) in [6, 6.07) is 9.46. The molecule has 27 heavy (non-hydrogen) atoms. The Balaban J connectivity index is 1.87. The van der Waals surface area contributed by atoms with E-state index in [1.165, 1.54) is 4.90 Å². The first-order valence-electron chi connectivity index (χ1n) is 8.89. The molecule has 146 valence electrons. The lowest BCUT2D eigenvalue weighted by Gasteiger charge is -2.25. The number of carbonyl (C=O) groups excluding carboxylic acids is 1. The van der Waals surface area contributed by atoms with Crippen molar-refractivity contribution in [1.29, 1.82) is 0 Å². The van der Waals surface area contributed by atoms with Crippen molar-refractivity contribution in [2.75, 3.05) is 20.6 Å². The average Bonchev–Trinajstić information content (AvgIpc) is 2.97. The van der Waals surface area contributed by atoms with Gasteiger partial charge in [-0.25, -0.2) is 0 Å². The monoisotopic (exact) mass is 380 g/mol. The van der Waals surface area contributed by atoms with Gasteiger partial charge in [-0.1, -0.05) is 30.3 Å². The van der Waals surface area contributed by atoms with Crippen molar-refractivity contribution in [3.05, 3.63) is 52.8 Å². The summed E-state index contributed by atoms with van der Waals surface area (Å²) in [5, 5.41) is 7.10. The van der Waals surface area contributed by atoms with Gasteiger partial charge < -0.3 is 10.2 Å². The fourth-order valence-corrected chi connectivity index (χ4v) is 3.39. The fourth-order valence-electron chi connectivity index (χ4n) is 3.39. The van der Waals surface area contributed by atoms with E-state index in [0.717, 1.165) is 16.8 Å². The third kappa shape index (κ3) is 4.68. The summed E-state index contributed by atoms with van der Waals surface area (Å²) in [4.78, 5) is 14.0. The van der Waals surface area contributed by atoms with E-state index in [-0.39, 0.29) is 11.9 Å². The van der Waals surface area contributed by atoms with Crippen LogP contribution in [0.15, 0.2) is 30.3 Å². The Morgan fingerprint density at radius 2 is 2.00 bits per heavy atom. The minimum Gasteiger partial charge on any atom is -0.343 e. The molecule has 2 aromatic rings. The molecule has 1 aliphatic carbocycles. The maximum atomic E-state index is 12.6. The van der Waals surface area contributed by atoms with Crippen LogP contribution in [0.2, 0.25) is 0 Å². The SMILES string of the molecule is CN(C)C(=O)c1nn(Cc2ccccc2)c2c1C[C@H](NCC(F)(F)F)CC2. The van der Waals surface area contributed by atoms with Crippen LogP contribution in [0.4, 0.5) is 13.2 Å². The second kappa shape index (κ2) is 7.72. The normalized spacial score (nSPS) is 16.9. The zero-order chi connectivity index (χ0) is 19.6. The molecule has 0 aliphatic heterocycles. The van der Waals surface area contributed by atoms with E-state index in [0.29, 0.717) is 31.5 Å². The smallest absolute Gasteiger partial charge is 0.343 e. The van der Waals surface area contributed by atoms with Gasteiger partial charge in [0.05, 0.1) is 13.1 Å². The van der Waals surface area contributed by atoms with Gasteiger partial charge >= 0.3 is 6.18 Å². The minimum atomic E-state index is -4.25. The number of carbonyl (C=O) groups is 1. The van der Waals surface area contributed by atoms with Crippen LogP contribution < -0.4 is 5.32 Å². The summed E-state index contributed by atoms with van der Waals surface area (Å²) in [6.07, 6.45) is -2.71. The summed E-state index contributed by atoms with van der Waals surface area (Å²) in [7, 11) is 3.29. The number of benzene rings is 1. The van der Waals surface area contributed by atoms with Crippen molar-refractivity contribution >= 4 is 5.91 Å². The van der Waals surface area contributed by atoms with Gasteiger partial charge in [-0.2, -0.15) is 18.3 Å². The van der Waals surface area contributed by atoms with E-state index in [1.54, 1.807) is 14.1 Å². The molecule has 1 atom stereocenters. The van der Waals surface area contributed by atoms with Crippen molar-refractivity contribution in [3.63, 3.8) is 0 Å². The number of amides is 1. The van der Waals surface area contributed by atoms with Crippen molar-refractivity contribution in [2.45, 2.75) is 38.0 Å². The number of halogens is 3. The molecule has 0 saturated heterocycles. The summed E-state index contributed by atoms with van der Waals surface area (Å²) in [6.45, 7) is -0.493. The van der Waals surface area contributed by atoms with Gasteiger partial charge in [0.2, 0.25) is 0 Å². The van der Waals surface area contributed by atoms with Gasteiger partial charge in [0, 0.05) is 31.4 Å². The van der Waals surface area contributed by atoms with Crippen LogP contribution in [0, 0.1) is 0 Å². The third-order valence-corrected chi connectivity index (χ3v) is 4.72. The van der Waals surface area contributed by atoms with E-state index in [9.17, 15) is 18.0 Å². The predicted octanol–water partition coefficient (Wildman–Crippen LogP) is 2.64. The zero-order valence-electron chi connectivity index (χ0n) is 15.4. The Kier molecular flexibility index (Phi) is 5.55. The molecule has 5 nitrogen and oxygen atoms in total. The minimum absolute atomic E-state index is 0.227. The van der Waals surface area contributed by atoms with Crippen molar-refractivity contribution < 1.29 is 18.0 Å². The second-order valence-corrected chi connectivity index (χ2v) is 7.05. The predicted molar refractivity (Wildman–Crippen MR) is 95.7 cm³/mol. The number of hydrogen-bond donors (Lipinski definition) is 1. The Morgan fingerprint density at radius 1 is 1.30 bits per heavy atom. The van der Waals surface area contributed by atoms with Crippen LogP contribution in [-0.2, 0) is 19.4 Å². The van der Waals surface area contributed by atoms with E-state index in [2.05, 4.69) is 10.4 Å². The molecule has 8 heteroatoms. The third-order valence-electron chi connectivity index (χ3n) is 4.72. The van der Waals surface area contributed by atoms with Crippen molar-refractivity contribution in [1.82, 2.24) is 20.0 Å². The molecular weight excluding hydrogens is 357 g/mol. The highest BCUT2D eigenvalue weighted by molar-refractivity contribution is 5.93. The van der Waals surface area contributed by atoms with Crippen LogP contribution in [-0.4, -0.2) is 53.4 Å². The Labute approximate surface area is 156 Å². The molecule has 1 heterocycles. The van der Waals surface area contributed by atoms with Gasteiger partial charge in [-0.05, 0) is 24.8 Å². The van der Waals surface area contributed by atoms with Crippen LogP contribution in [0.1, 0.15) is 33.7 Å². The molecule has 0 saturated carbocycles. The molecular formula is C19H23F3N4O. The zero-order valence-corrected chi connectivity index (χ0v) is 15.4. The molecule has 0 unspecified atom stereocenters. The van der Waals surface area contributed by atoms with Crippen LogP contribution in [0.25, 0.3) is 0 Å². The van der Waals surface area contributed by atoms with E-state index in [4.69, 9.17) is 0 Å². The summed E-state index contributed by atoms with van der Waals surface area (Å²) in [5.74, 6) is -0.227. The van der Waals surface area contributed by atoms with Crippen molar-refractivity contribution in [3.8, 4) is 0 Å². The average molecular weight is 380 g/mol. The van der Waals surface area contributed by atoms with Crippen LogP contribution in [0.5, 0.6) is 0 Å². The molecule has 0 bridgehead atoms. The summed E-state index contributed by atoms with van der Waals surface area (Å²) >= 11 is 0. The first-order valence-corrected chi connectivity index (χ1v) is 8.89. The van der Waals surface area contributed by atoms with Gasteiger partial charge in [0.15, 0.2) is 5.69 Å². The molecule has 1 N–H and O–H groups in total. The lowest BCUT2D eigenvalue weighted by atomic mass is 9.91. The lowest BCUT2D eigenvalue weighted by molar-refractivity contribution is -0.126. The second-order valence-electron chi connectivity index (χ2n) is 7.05. The number of nitrogens with zero attached hydrogens (tertiary/aromatic N) is 3. The first-order chi connectivity index (χ1) is 12.7. The maximum Gasteiger partial charge on any atom is 0.401 e. The van der Waals surface area contributed by atoms with Gasteiger partial charge in [-0.15, -0.1) is 0 Å². The van der Waals surface area contributed by atoms with Gasteiger partial charge in [0.1, 0.15) is 0 Å². The molecule has 1 aliphatic rings. The summed E-state index contributed by atoms with van der Waals surface area (Å²) < 4.78 is 39.4. The Bertz CT molecular complexity index is 799. The topological polar surface area (TPSA) is 50.2 Å². The van der Waals surface area contributed by atoms with Gasteiger partial charge in [0.25, 0.3) is 5.91 Å². The first kappa shape index (κ1) is 19.4. The molecule has 0 radical (unpaired) electrons. The Hall–Kier alpha value is -2.35. The number of nitrogens with one attached hydrogen (secondary N) is 1. The van der Waals surface area contributed by atoms with E-state index in [1.807, 2.05) is 35.0 Å². The molecule has 1 aromatic carbocycles. The standard InChI is InChI=1S/C19H23F3N4O/c1-25(2)18(27)17-15-10-14(23-12-19(20,21)22)8-9-16(15)26(24-17)11-13-6-4-3-5-7-13/h3-7,14,23H,8-12H2,1-2H3/t14-/m1/s1. The molecule has 0 fully saturated rings. The maximum absolute atomic E-state index is 12.6. The number of aromatic nitrogens is 2. The Morgan fingerprint density at radius 3 is 2.63 bits per heavy atom. The molecule has 1 amide bonds. The highest BCUT2D eigenvalue weighted by atomic mass is 19.4. The largest absolute Gasteiger partial charge is 0.401 e. The van der Waals surface area contributed by atoms with Crippen LogP contribution in [0.3, 0.4) is 0 Å². The molecule has 1 aromatic heterocycles. The van der Waals surface area contributed by atoms with Crippen molar-refractivity contribution in [2.24, 2.45) is 0 Å². The number of alkyl halides is 3. The highest BCUT2D eigenvalue weighted by Gasteiger charge is 2.33. The quantitative estimate of drug-likeness (QED) is 0.868. The fraction of sp³-hybridized carbons (Fsp3) is 0.474. The molecule has 3 rings (SSSR count). The van der Waals surface area contributed by atoms with Gasteiger partial charge in [-0.3, -0.25) is 9.48 Å². The number of rotatable bonds is 5. The number of hydrogen-bond acceptors (Lipinski definition) is 3. The van der Waals surface area contributed by atoms with Crippen LogP contribution >= 0.6 is 0 Å². The molecule has 0 spiro atoms. The highest BCUT2D eigenvalue weighted by Crippen LogP contribution is 2.27. The summed E-state index contributed by atoms with van der Waals surface area (Å²) in [5.41, 5.74) is 3.10. The van der Waals surface area contributed by atoms with E-state index < -0.39 is 12.7 Å². The van der Waals surface area contributed by atoms with E-state index >= 15 is 0 Å². The number of fused-ring (bicyclic) bond motifs is 1.